The topological polar surface area (TPSA) is 114 Å². The minimum atomic E-state index is -1.17. The third-order valence-electron chi connectivity index (χ3n) is 6.43. The number of hydrogen-bond acceptors (Lipinski definition) is 5. The molecule has 0 saturated carbocycles. The lowest BCUT2D eigenvalue weighted by Crippen LogP contribution is -2.55. The van der Waals surface area contributed by atoms with Gasteiger partial charge in [-0.2, -0.15) is 0 Å². The average Bonchev–Trinajstić information content (AvgIpc) is 3.14. The van der Waals surface area contributed by atoms with Crippen molar-refractivity contribution in [3.63, 3.8) is 0 Å². The van der Waals surface area contributed by atoms with Crippen molar-refractivity contribution in [2.45, 2.75) is 57.7 Å². The van der Waals surface area contributed by atoms with Crippen molar-refractivity contribution in [1.82, 2.24) is 10.6 Å². The number of carboxylic acids is 1. The zero-order chi connectivity index (χ0) is 25.8. The third-order valence-corrected chi connectivity index (χ3v) is 6.43. The molecule has 8 nitrogen and oxygen atoms in total. The average molecular weight is 483 g/mol. The molecular weight excluding hydrogens is 448 g/mol. The van der Waals surface area contributed by atoms with E-state index in [0.29, 0.717) is 0 Å². The van der Waals surface area contributed by atoms with Crippen molar-refractivity contribution in [2.75, 3.05) is 13.7 Å². The second-order valence-corrected chi connectivity index (χ2v) is 9.76. The molecule has 0 bridgehead atoms. The number of nitrogens with one attached hydrogen (secondary N) is 2. The fourth-order valence-corrected chi connectivity index (χ4v) is 4.34. The summed E-state index contributed by atoms with van der Waals surface area (Å²) in [5, 5.41) is 14.7. The molecule has 3 rings (SSSR count). The van der Waals surface area contributed by atoms with Crippen LogP contribution in [0.4, 0.5) is 4.79 Å². The van der Waals surface area contributed by atoms with Gasteiger partial charge < -0.3 is 25.2 Å². The Bertz CT molecular complexity index is 1040. The molecule has 2 amide bonds. The fraction of sp³-hybridized carbons (Fsp3) is 0.444. The van der Waals surface area contributed by atoms with Gasteiger partial charge in [0.1, 0.15) is 18.7 Å². The minimum absolute atomic E-state index is 0.0698. The maximum absolute atomic E-state index is 12.9. The lowest BCUT2D eigenvalue weighted by atomic mass is 9.97. The molecule has 2 aromatic rings. The van der Waals surface area contributed by atoms with Crippen molar-refractivity contribution >= 4 is 18.0 Å². The summed E-state index contributed by atoms with van der Waals surface area (Å²) in [5.74, 6) is -2.16. The molecule has 1 unspecified atom stereocenters. The van der Waals surface area contributed by atoms with E-state index in [1.807, 2.05) is 36.4 Å². The van der Waals surface area contributed by atoms with E-state index in [1.165, 1.54) is 7.11 Å². The number of hydrogen-bond donors (Lipinski definition) is 3. The Morgan fingerprint density at radius 2 is 1.51 bits per heavy atom. The molecule has 0 saturated heterocycles. The van der Waals surface area contributed by atoms with Gasteiger partial charge in [-0.05, 0) is 42.0 Å². The highest BCUT2D eigenvalue weighted by atomic mass is 16.5. The Morgan fingerprint density at radius 3 is 2.00 bits per heavy atom. The number of aliphatic carboxylic acids is 1. The van der Waals surface area contributed by atoms with Crippen LogP contribution in [0.5, 0.6) is 0 Å². The predicted octanol–water partition coefficient (Wildman–Crippen LogP) is 3.93. The summed E-state index contributed by atoms with van der Waals surface area (Å²) in [6, 6.07) is 13.9. The third kappa shape index (κ3) is 6.19. The van der Waals surface area contributed by atoms with Crippen LogP contribution in [0.25, 0.3) is 11.1 Å². The van der Waals surface area contributed by atoms with Crippen LogP contribution >= 0.6 is 0 Å². The number of benzene rings is 2. The largest absolute Gasteiger partial charge is 0.480 e. The van der Waals surface area contributed by atoms with Gasteiger partial charge >= 0.3 is 12.1 Å². The summed E-state index contributed by atoms with van der Waals surface area (Å²) in [4.78, 5) is 37.3. The molecule has 0 heterocycles. The lowest BCUT2D eigenvalue weighted by Gasteiger charge is -2.29. The van der Waals surface area contributed by atoms with Crippen LogP contribution in [0.3, 0.4) is 0 Å². The second-order valence-electron chi connectivity index (χ2n) is 9.76. The van der Waals surface area contributed by atoms with Crippen molar-refractivity contribution < 1.29 is 29.0 Å². The van der Waals surface area contributed by atoms with Gasteiger partial charge in [0.05, 0.1) is 5.60 Å². The molecule has 0 radical (unpaired) electrons. The molecule has 1 aliphatic carbocycles. The van der Waals surface area contributed by atoms with Gasteiger partial charge in [-0.3, -0.25) is 4.79 Å². The smallest absolute Gasteiger partial charge is 0.407 e. The Balaban J connectivity index is 1.65. The van der Waals surface area contributed by atoms with E-state index in [4.69, 9.17) is 9.47 Å². The lowest BCUT2D eigenvalue weighted by molar-refractivity contribution is -0.144. The first-order valence-electron chi connectivity index (χ1n) is 11.7. The van der Waals surface area contributed by atoms with Crippen LogP contribution in [0, 0.1) is 5.92 Å². The van der Waals surface area contributed by atoms with E-state index < -0.39 is 35.7 Å². The van der Waals surface area contributed by atoms with E-state index in [1.54, 1.807) is 27.7 Å². The molecule has 0 spiro atoms. The van der Waals surface area contributed by atoms with Gasteiger partial charge in [0.25, 0.3) is 0 Å². The number of methoxy groups -OCH3 is 1. The van der Waals surface area contributed by atoms with E-state index in [-0.39, 0.29) is 24.9 Å². The van der Waals surface area contributed by atoms with Crippen LogP contribution < -0.4 is 10.6 Å². The number of carbonyl (C=O) groups excluding carboxylic acids is 2. The maximum atomic E-state index is 12.9. The second kappa shape index (κ2) is 10.9. The monoisotopic (exact) mass is 482 g/mol. The fourth-order valence-electron chi connectivity index (χ4n) is 4.34. The SMILES string of the molecule is COC(C)(C)CC(NC(=O)[C@H](NC(=O)OCC1c2ccccc2-c2ccccc21)C(C)C)C(=O)O. The highest BCUT2D eigenvalue weighted by Gasteiger charge is 2.34. The van der Waals surface area contributed by atoms with Crippen molar-refractivity contribution in [1.29, 1.82) is 0 Å². The van der Waals surface area contributed by atoms with Gasteiger partial charge in [-0.1, -0.05) is 62.4 Å². The van der Waals surface area contributed by atoms with Crippen molar-refractivity contribution in [3.8, 4) is 11.1 Å². The maximum Gasteiger partial charge on any atom is 0.407 e. The molecule has 2 atom stereocenters. The standard InChI is InChI=1S/C27H34N2O6/c1-16(2)23(24(30)28-22(25(31)32)14-27(3,4)34-5)29-26(33)35-15-21-19-12-8-6-10-17(19)18-11-7-9-13-20(18)21/h6-13,16,21-23H,14-15H2,1-5H3,(H,28,30)(H,29,33)(H,31,32)/t22?,23-/m1/s1. The molecule has 188 valence electrons. The summed E-state index contributed by atoms with van der Waals surface area (Å²) in [7, 11) is 1.48. The van der Waals surface area contributed by atoms with Gasteiger partial charge in [0.2, 0.25) is 5.91 Å². The van der Waals surface area contributed by atoms with E-state index in [0.717, 1.165) is 22.3 Å². The summed E-state index contributed by atoms with van der Waals surface area (Å²) in [6.45, 7) is 7.13. The zero-order valence-corrected chi connectivity index (χ0v) is 20.8. The quantitative estimate of drug-likeness (QED) is 0.473. The minimum Gasteiger partial charge on any atom is -0.480 e. The zero-order valence-electron chi connectivity index (χ0n) is 20.8. The number of alkyl carbamates (subject to hydrolysis) is 1. The Kier molecular flexibility index (Phi) is 8.17. The number of fused-ring (bicyclic) bond motifs is 3. The summed E-state index contributed by atoms with van der Waals surface area (Å²) in [5.41, 5.74) is 3.67. The Labute approximate surface area is 206 Å². The van der Waals surface area contributed by atoms with Crippen LogP contribution in [0.1, 0.15) is 51.2 Å². The highest BCUT2D eigenvalue weighted by Crippen LogP contribution is 2.44. The number of amides is 2. The first-order valence-corrected chi connectivity index (χ1v) is 11.7. The number of carboxylic acid groups (broad SMARTS) is 1. The molecule has 35 heavy (non-hydrogen) atoms. The molecule has 1 aliphatic rings. The summed E-state index contributed by atoms with van der Waals surface area (Å²) >= 11 is 0. The highest BCUT2D eigenvalue weighted by molar-refractivity contribution is 5.89. The van der Waals surface area contributed by atoms with Crippen molar-refractivity contribution in [2.24, 2.45) is 5.92 Å². The first-order chi connectivity index (χ1) is 16.5. The van der Waals surface area contributed by atoms with Crippen LogP contribution in [0.2, 0.25) is 0 Å². The molecular formula is C27H34N2O6. The van der Waals surface area contributed by atoms with Gasteiger partial charge in [0, 0.05) is 19.4 Å². The normalized spacial score (nSPS) is 14.6. The number of carbonyl (C=O) groups is 3. The van der Waals surface area contributed by atoms with Gasteiger partial charge in [0.15, 0.2) is 0 Å². The Morgan fingerprint density at radius 1 is 0.971 bits per heavy atom. The summed E-state index contributed by atoms with van der Waals surface area (Å²) < 4.78 is 10.9. The van der Waals surface area contributed by atoms with Crippen LogP contribution in [-0.2, 0) is 19.1 Å². The molecule has 8 heteroatoms. The van der Waals surface area contributed by atoms with Gasteiger partial charge in [-0.15, -0.1) is 0 Å². The number of ether oxygens (including phenoxy) is 2. The van der Waals surface area contributed by atoms with E-state index in [9.17, 15) is 19.5 Å². The van der Waals surface area contributed by atoms with E-state index in [2.05, 4.69) is 22.8 Å². The van der Waals surface area contributed by atoms with E-state index >= 15 is 0 Å². The first kappa shape index (κ1) is 26.2. The molecule has 3 N–H and O–H groups in total. The van der Waals surface area contributed by atoms with Gasteiger partial charge in [-0.25, -0.2) is 9.59 Å². The predicted molar refractivity (Wildman–Crippen MR) is 132 cm³/mol. The molecule has 2 aromatic carbocycles. The molecule has 0 fully saturated rings. The van der Waals surface area contributed by atoms with Crippen LogP contribution in [0.15, 0.2) is 48.5 Å². The summed E-state index contributed by atoms with van der Waals surface area (Å²) in [6.07, 6.45) is -0.662. The Hall–Kier alpha value is -3.39. The number of rotatable bonds is 10. The molecule has 0 aromatic heterocycles. The van der Waals surface area contributed by atoms with Crippen LogP contribution in [-0.4, -0.2) is 54.5 Å². The molecule has 0 aliphatic heterocycles. The van der Waals surface area contributed by atoms with Crippen molar-refractivity contribution in [3.05, 3.63) is 59.7 Å².